The van der Waals surface area contributed by atoms with Gasteiger partial charge in [0.1, 0.15) is 5.75 Å². The summed E-state index contributed by atoms with van der Waals surface area (Å²) in [5.74, 6) is 0.0868. The molecule has 1 aromatic carbocycles. The lowest BCUT2D eigenvalue weighted by Crippen LogP contribution is -2.25. The topological polar surface area (TPSA) is 82.1 Å². The third-order valence-electron chi connectivity index (χ3n) is 3.78. The van der Waals surface area contributed by atoms with Gasteiger partial charge in [0, 0.05) is 12.3 Å². The molecule has 1 saturated heterocycles. The molecule has 1 fully saturated rings. The van der Waals surface area contributed by atoms with Crippen LogP contribution in [0.15, 0.2) is 18.2 Å². The number of hydrogen-bond donors (Lipinski definition) is 1. The van der Waals surface area contributed by atoms with E-state index in [1.807, 2.05) is 0 Å². The molecule has 1 heterocycles. The van der Waals surface area contributed by atoms with Gasteiger partial charge in [0.2, 0.25) is 0 Å². The van der Waals surface area contributed by atoms with Crippen LogP contribution in [0.3, 0.4) is 0 Å². The van der Waals surface area contributed by atoms with Crippen molar-refractivity contribution in [1.82, 2.24) is 0 Å². The summed E-state index contributed by atoms with van der Waals surface area (Å²) in [7, 11) is -3.54. The van der Waals surface area contributed by atoms with Crippen LogP contribution in [0.2, 0.25) is 5.02 Å². The van der Waals surface area contributed by atoms with Crippen molar-refractivity contribution >= 4 is 21.7 Å². The molecule has 0 radical (unpaired) electrons. The predicted molar refractivity (Wildman–Crippen MR) is 90.6 cm³/mol. The van der Waals surface area contributed by atoms with Gasteiger partial charge in [-0.25, -0.2) is 0 Å². The Balaban J connectivity index is 1.99. The Labute approximate surface area is 147 Å². The smallest absolute Gasteiger partial charge is 0.264 e. The van der Waals surface area contributed by atoms with E-state index in [2.05, 4.69) is 0 Å². The Kier molecular flexibility index (Phi) is 6.88. The summed E-state index contributed by atoms with van der Waals surface area (Å²) in [6.45, 7) is 2.27. The molecule has 0 saturated carbocycles. The molecule has 1 aliphatic heterocycles. The summed E-state index contributed by atoms with van der Waals surface area (Å²) in [5.41, 5.74) is 0.571. The number of rotatable bonds is 7. The first kappa shape index (κ1) is 19.5. The number of halogens is 1. The molecule has 1 aliphatic rings. The van der Waals surface area contributed by atoms with Gasteiger partial charge in [0.05, 0.1) is 30.6 Å². The first-order chi connectivity index (χ1) is 11.3. The zero-order valence-corrected chi connectivity index (χ0v) is 15.3. The lowest BCUT2D eigenvalue weighted by atomic mass is 9.98. The Hall–Kier alpha value is -0.860. The first-order valence-electron chi connectivity index (χ1n) is 7.86. The van der Waals surface area contributed by atoms with Gasteiger partial charge in [0.25, 0.3) is 10.1 Å². The summed E-state index contributed by atoms with van der Waals surface area (Å²) >= 11 is 6.23. The van der Waals surface area contributed by atoms with Crippen molar-refractivity contribution in [3.63, 3.8) is 0 Å². The molecule has 8 heteroatoms. The normalized spacial score (nSPS) is 21.2. The van der Waals surface area contributed by atoms with E-state index in [0.29, 0.717) is 22.9 Å². The van der Waals surface area contributed by atoms with Gasteiger partial charge in [0.15, 0.2) is 6.29 Å². The largest absolute Gasteiger partial charge is 0.463 e. The molecule has 3 atom stereocenters. The monoisotopic (exact) mass is 378 g/mol. The Morgan fingerprint density at radius 3 is 2.75 bits per heavy atom. The number of aliphatic hydroxyl groups is 1. The summed E-state index contributed by atoms with van der Waals surface area (Å²) < 4.78 is 38.0. The van der Waals surface area contributed by atoms with Gasteiger partial charge in [-0.2, -0.15) is 8.42 Å². The second-order valence-corrected chi connectivity index (χ2v) is 8.07. The molecule has 0 bridgehead atoms. The van der Waals surface area contributed by atoms with Crippen LogP contribution >= 0.6 is 11.6 Å². The predicted octanol–water partition coefficient (Wildman–Crippen LogP) is 2.89. The van der Waals surface area contributed by atoms with Crippen molar-refractivity contribution in [3.8, 4) is 5.75 Å². The number of aliphatic hydroxyl groups excluding tert-OH is 1. The minimum atomic E-state index is -3.54. The lowest BCUT2D eigenvalue weighted by molar-refractivity contribution is -0.105. The van der Waals surface area contributed by atoms with Crippen LogP contribution in [-0.4, -0.2) is 39.3 Å². The number of hydrogen-bond acceptors (Lipinski definition) is 6. The summed E-state index contributed by atoms with van der Waals surface area (Å²) in [4.78, 5) is 0. The third-order valence-corrected chi connectivity index (χ3v) is 4.64. The Morgan fingerprint density at radius 1 is 1.42 bits per heavy atom. The van der Waals surface area contributed by atoms with E-state index in [9.17, 15) is 13.5 Å². The highest BCUT2D eigenvalue weighted by molar-refractivity contribution is 7.85. The summed E-state index contributed by atoms with van der Waals surface area (Å²) in [5, 5.41) is 10.7. The maximum Gasteiger partial charge on any atom is 0.264 e. The maximum atomic E-state index is 11.0. The van der Waals surface area contributed by atoms with Gasteiger partial charge in [-0.1, -0.05) is 24.6 Å². The van der Waals surface area contributed by atoms with Gasteiger partial charge >= 0.3 is 0 Å². The highest BCUT2D eigenvalue weighted by Crippen LogP contribution is 2.32. The molecule has 1 N–H and O–H groups in total. The zero-order chi connectivity index (χ0) is 17.7. The molecular formula is C16H23ClO6S. The van der Waals surface area contributed by atoms with Crippen molar-refractivity contribution in [1.29, 1.82) is 0 Å². The van der Waals surface area contributed by atoms with E-state index >= 15 is 0 Å². The SMILES string of the molecule is C[C@H](COS(C)(=O)=O)C(O)c1ccc(OC2CCCCO2)c(Cl)c1. The fraction of sp³-hybridized carbons (Fsp3) is 0.625. The quantitative estimate of drug-likeness (QED) is 0.734. The molecule has 24 heavy (non-hydrogen) atoms. The van der Waals surface area contributed by atoms with Crippen LogP contribution in [-0.2, 0) is 19.0 Å². The van der Waals surface area contributed by atoms with Crippen molar-refractivity contribution in [3.05, 3.63) is 28.8 Å². The second-order valence-electron chi connectivity index (χ2n) is 6.01. The van der Waals surface area contributed by atoms with Gasteiger partial charge in [-0.3, -0.25) is 4.18 Å². The molecule has 0 aliphatic carbocycles. The van der Waals surface area contributed by atoms with Gasteiger partial charge in [-0.15, -0.1) is 0 Å². The molecule has 6 nitrogen and oxygen atoms in total. The van der Waals surface area contributed by atoms with Crippen molar-refractivity contribution in [2.45, 2.75) is 38.6 Å². The van der Waals surface area contributed by atoms with E-state index in [1.165, 1.54) is 0 Å². The maximum absolute atomic E-state index is 11.0. The zero-order valence-electron chi connectivity index (χ0n) is 13.8. The lowest BCUT2D eigenvalue weighted by Gasteiger charge is -2.24. The molecule has 136 valence electrons. The van der Waals surface area contributed by atoms with Crippen molar-refractivity contribution in [2.24, 2.45) is 5.92 Å². The van der Waals surface area contributed by atoms with E-state index in [-0.39, 0.29) is 12.9 Å². The minimum Gasteiger partial charge on any atom is -0.463 e. The third kappa shape index (κ3) is 5.89. The molecule has 0 spiro atoms. The number of benzene rings is 1. The van der Waals surface area contributed by atoms with Crippen LogP contribution in [0.5, 0.6) is 5.75 Å². The first-order valence-corrected chi connectivity index (χ1v) is 10.1. The average molecular weight is 379 g/mol. The minimum absolute atomic E-state index is 0.105. The van der Waals surface area contributed by atoms with Crippen LogP contribution in [0.4, 0.5) is 0 Å². The molecule has 1 aromatic rings. The average Bonchev–Trinajstić information content (AvgIpc) is 2.54. The van der Waals surface area contributed by atoms with E-state index in [1.54, 1.807) is 25.1 Å². The Morgan fingerprint density at radius 2 is 2.17 bits per heavy atom. The summed E-state index contributed by atoms with van der Waals surface area (Å²) in [6, 6.07) is 5.00. The molecule has 0 amide bonds. The molecule has 2 rings (SSSR count). The van der Waals surface area contributed by atoms with Crippen molar-refractivity contribution < 1.29 is 27.2 Å². The summed E-state index contributed by atoms with van der Waals surface area (Å²) in [6.07, 6.45) is 2.69. The van der Waals surface area contributed by atoms with Crippen LogP contribution < -0.4 is 4.74 Å². The Bertz CT molecular complexity index is 642. The highest BCUT2D eigenvalue weighted by Gasteiger charge is 2.21. The van der Waals surface area contributed by atoms with Crippen LogP contribution in [0.25, 0.3) is 0 Å². The second kappa shape index (κ2) is 8.49. The van der Waals surface area contributed by atoms with E-state index in [4.69, 9.17) is 25.3 Å². The van der Waals surface area contributed by atoms with Crippen molar-refractivity contribution in [2.75, 3.05) is 19.5 Å². The molecule has 2 unspecified atom stereocenters. The fourth-order valence-corrected chi connectivity index (χ4v) is 3.09. The molecular weight excluding hydrogens is 356 g/mol. The molecule has 0 aromatic heterocycles. The van der Waals surface area contributed by atoms with E-state index < -0.39 is 22.1 Å². The highest BCUT2D eigenvalue weighted by atomic mass is 35.5. The fourth-order valence-electron chi connectivity index (χ4n) is 2.39. The van der Waals surface area contributed by atoms with Crippen LogP contribution in [0, 0.1) is 5.92 Å². The van der Waals surface area contributed by atoms with Gasteiger partial charge < -0.3 is 14.6 Å². The number of ether oxygens (including phenoxy) is 2. The van der Waals surface area contributed by atoms with E-state index in [0.717, 1.165) is 25.5 Å². The standard InChI is InChI=1S/C16H23ClO6S/c1-11(10-22-24(2,19)20)16(18)12-6-7-14(13(17)9-12)23-15-5-3-4-8-21-15/h6-7,9,11,15-16,18H,3-5,8,10H2,1-2H3/t11-,15?,16?/m1/s1. The van der Waals surface area contributed by atoms with Gasteiger partial charge in [-0.05, 0) is 30.5 Å². The van der Waals surface area contributed by atoms with Crippen LogP contribution in [0.1, 0.15) is 37.9 Å².